The predicted octanol–water partition coefficient (Wildman–Crippen LogP) is 4.09. The van der Waals surface area contributed by atoms with Gasteiger partial charge in [0.1, 0.15) is 11.6 Å². The van der Waals surface area contributed by atoms with Gasteiger partial charge in [0.2, 0.25) is 0 Å². The standard InChI is InChI=1S/C17H16F3NO2S/c18-15-7-2-1-4-13(15)11-24-9-8-21-16(22)12-5-3-6-14(10-12)23-17(19)20/h1-7,10,17H,8-9,11H2,(H,21,22). The topological polar surface area (TPSA) is 38.3 Å². The average Bonchev–Trinajstić information content (AvgIpc) is 2.55. The summed E-state index contributed by atoms with van der Waals surface area (Å²) in [5, 5.41) is 2.68. The molecule has 0 saturated carbocycles. The fourth-order valence-electron chi connectivity index (χ4n) is 1.95. The van der Waals surface area contributed by atoms with Gasteiger partial charge in [-0.3, -0.25) is 4.79 Å². The average molecular weight is 355 g/mol. The lowest BCUT2D eigenvalue weighted by Gasteiger charge is -2.08. The zero-order valence-electron chi connectivity index (χ0n) is 12.7. The molecule has 24 heavy (non-hydrogen) atoms. The SMILES string of the molecule is O=C(NCCSCc1ccccc1F)c1cccc(OC(F)F)c1. The molecule has 0 spiro atoms. The van der Waals surface area contributed by atoms with E-state index in [4.69, 9.17) is 0 Å². The van der Waals surface area contributed by atoms with E-state index in [0.717, 1.165) is 0 Å². The number of hydrogen-bond acceptors (Lipinski definition) is 3. The van der Waals surface area contributed by atoms with Gasteiger partial charge in [0.25, 0.3) is 5.91 Å². The normalized spacial score (nSPS) is 10.7. The lowest BCUT2D eigenvalue weighted by molar-refractivity contribution is -0.0498. The van der Waals surface area contributed by atoms with Gasteiger partial charge in [0, 0.05) is 23.6 Å². The summed E-state index contributed by atoms with van der Waals surface area (Å²) in [5.74, 6) is 0.436. The van der Waals surface area contributed by atoms with E-state index in [0.29, 0.717) is 23.6 Å². The number of nitrogens with one attached hydrogen (secondary N) is 1. The molecule has 0 aliphatic heterocycles. The molecule has 2 aromatic carbocycles. The monoisotopic (exact) mass is 355 g/mol. The first-order valence-corrected chi connectivity index (χ1v) is 8.36. The Kier molecular flexibility index (Phi) is 6.99. The van der Waals surface area contributed by atoms with Crippen LogP contribution in [0, 0.1) is 5.82 Å². The minimum absolute atomic E-state index is 0.0634. The number of amides is 1. The van der Waals surface area contributed by atoms with E-state index >= 15 is 0 Å². The van der Waals surface area contributed by atoms with E-state index in [1.54, 1.807) is 18.2 Å². The van der Waals surface area contributed by atoms with Crippen molar-refractivity contribution in [3.63, 3.8) is 0 Å². The summed E-state index contributed by atoms with van der Waals surface area (Å²) >= 11 is 1.49. The van der Waals surface area contributed by atoms with Gasteiger partial charge in [0.05, 0.1) is 0 Å². The molecule has 2 aromatic rings. The Morgan fingerprint density at radius 3 is 2.71 bits per heavy atom. The van der Waals surface area contributed by atoms with Gasteiger partial charge >= 0.3 is 6.61 Å². The zero-order valence-corrected chi connectivity index (χ0v) is 13.5. The van der Waals surface area contributed by atoms with Crippen molar-refractivity contribution in [2.24, 2.45) is 0 Å². The van der Waals surface area contributed by atoms with Crippen LogP contribution in [0.25, 0.3) is 0 Å². The summed E-state index contributed by atoms with van der Waals surface area (Å²) in [5.41, 5.74) is 0.859. The lowest BCUT2D eigenvalue weighted by Crippen LogP contribution is -2.25. The maximum atomic E-state index is 13.4. The molecule has 0 aliphatic rings. The number of alkyl halides is 2. The third kappa shape index (κ3) is 5.81. The molecular formula is C17H16F3NO2S. The van der Waals surface area contributed by atoms with E-state index in [1.807, 2.05) is 0 Å². The van der Waals surface area contributed by atoms with Gasteiger partial charge in [0.15, 0.2) is 0 Å². The largest absolute Gasteiger partial charge is 0.435 e. The maximum absolute atomic E-state index is 13.4. The molecule has 0 fully saturated rings. The number of hydrogen-bond donors (Lipinski definition) is 1. The third-order valence-corrected chi connectivity index (χ3v) is 4.08. The molecule has 2 rings (SSSR count). The van der Waals surface area contributed by atoms with Crippen LogP contribution < -0.4 is 10.1 Å². The van der Waals surface area contributed by atoms with Crippen LogP contribution in [-0.4, -0.2) is 24.8 Å². The van der Waals surface area contributed by atoms with Crippen molar-refractivity contribution in [1.29, 1.82) is 0 Å². The van der Waals surface area contributed by atoms with Crippen LogP contribution in [0.2, 0.25) is 0 Å². The number of rotatable bonds is 8. The van der Waals surface area contributed by atoms with Crippen LogP contribution in [0.15, 0.2) is 48.5 Å². The highest BCUT2D eigenvalue weighted by atomic mass is 32.2. The summed E-state index contributed by atoms with van der Waals surface area (Å²) in [6, 6.07) is 12.1. The highest BCUT2D eigenvalue weighted by molar-refractivity contribution is 7.98. The number of thioether (sulfide) groups is 1. The molecule has 0 heterocycles. The summed E-state index contributed by atoms with van der Waals surface area (Å²) in [6.07, 6.45) is 0. The molecule has 7 heteroatoms. The van der Waals surface area contributed by atoms with Crippen molar-refractivity contribution in [2.75, 3.05) is 12.3 Å². The van der Waals surface area contributed by atoms with Crippen molar-refractivity contribution in [3.8, 4) is 5.75 Å². The highest BCUT2D eigenvalue weighted by Gasteiger charge is 2.09. The minimum atomic E-state index is -2.93. The minimum Gasteiger partial charge on any atom is -0.435 e. The Hall–Kier alpha value is -2.15. The summed E-state index contributed by atoms with van der Waals surface area (Å²) in [6.45, 7) is -2.55. The van der Waals surface area contributed by atoms with E-state index in [1.165, 1.54) is 42.1 Å². The van der Waals surface area contributed by atoms with Gasteiger partial charge in [-0.25, -0.2) is 4.39 Å². The van der Waals surface area contributed by atoms with Crippen LogP contribution in [0.5, 0.6) is 5.75 Å². The van der Waals surface area contributed by atoms with Crippen LogP contribution >= 0.6 is 11.8 Å². The molecule has 0 unspecified atom stereocenters. The molecule has 0 bridgehead atoms. The van der Waals surface area contributed by atoms with E-state index < -0.39 is 6.61 Å². The van der Waals surface area contributed by atoms with Crippen LogP contribution in [0.1, 0.15) is 15.9 Å². The highest BCUT2D eigenvalue weighted by Crippen LogP contribution is 2.16. The fraction of sp³-hybridized carbons (Fsp3) is 0.235. The number of ether oxygens (including phenoxy) is 1. The molecule has 1 N–H and O–H groups in total. The van der Waals surface area contributed by atoms with Crippen molar-refractivity contribution < 1.29 is 22.7 Å². The Morgan fingerprint density at radius 1 is 1.17 bits per heavy atom. The number of halogens is 3. The van der Waals surface area contributed by atoms with Crippen LogP contribution in [0.4, 0.5) is 13.2 Å². The molecule has 128 valence electrons. The van der Waals surface area contributed by atoms with Gasteiger partial charge in [-0.2, -0.15) is 20.5 Å². The van der Waals surface area contributed by atoms with Gasteiger partial charge in [-0.05, 0) is 29.8 Å². The van der Waals surface area contributed by atoms with Gasteiger partial charge in [-0.15, -0.1) is 0 Å². The first-order valence-electron chi connectivity index (χ1n) is 7.20. The summed E-state index contributed by atoms with van der Waals surface area (Å²) in [4.78, 5) is 11.9. The van der Waals surface area contributed by atoms with E-state index in [2.05, 4.69) is 10.1 Å². The Balaban J connectivity index is 1.74. The van der Waals surface area contributed by atoms with E-state index in [9.17, 15) is 18.0 Å². The zero-order chi connectivity index (χ0) is 17.4. The maximum Gasteiger partial charge on any atom is 0.387 e. The second-order valence-electron chi connectivity index (χ2n) is 4.81. The van der Waals surface area contributed by atoms with E-state index in [-0.39, 0.29) is 23.0 Å². The molecule has 0 atom stereocenters. The summed E-state index contributed by atoms with van der Waals surface area (Å²) < 4.78 is 42.0. The second kappa shape index (κ2) is 9.22. The molecule has 0 saturated heterocycles. The molecule has 0 aliphatic carbocycles. The first kappa shape index (κ1) is 18.2. The van der Waals surface area contributed by atoms with Crippen LogP contribution in [0.3, 0.4) is 0 Å². The van der Waals surface area contributed by atoms with Gasteiger partial charge in [-0.1, -0.05) is 24.3 Å². The molecule has 3 nitrogen and oxygen atoms in total. The fourth-order valence-corrected chi connectivity index (χ4v) is 2.79. The van der Waals surface area contributed by atoms with Crippen molar-refractivity contribution in [1.82, 2.24) is 5.32 Å². The molecule has 0 radical (unpaired) electrons. The molecule has 0 aromatic heterocycles. The number of carbonyl (C=O) groups is 1. The Morgan fingerprint density at radius 2 is 1.96 bits per heavy atom. The lowest BCUT2D eigenvalue weighted by atomic mass is 10.2. The predicted molar refractivity (Wildman–Crippen MR) is 88.0 cm³/mol. The Labute approximate surface area is 142 Å². The first-order chi connectivity index (χ1) is 11.6. The van der Waals surface area contributed by atoms with Crippen molar-refractivity contribution >= 4 is 17.7 Å². The van der Waals surface area contributed by atoms with Crippen molar-refractivity contribution in [3.05, 3.63) is 65.5 Å². The number of carbonyl (C=O) groups excluding carboxylic acids is 1. The van der Waals surface area contributed by atoms with Crippen LogP contribution in [-0.2, 0) is 5.75 Å². The molecule has 1 amide bonds. The van der Waals surface area contributed by atoms with Crippen molar-refractivity contribution in [2.45, 2.75) is 12.4 Å². The van der Waals surface area contributed by atoms with Gasteiger partial charge < -0.3 is 10.1 Å². The number of benzene rings is 2. The third-order valence-electron chi connectivity index (χ3n) is 3.07. The summed E-state index contributed by atoms with van der Waals surface area (Å²) in [7, 11) is 0. The smallest absolute Gasteiger partial charge is 0.387 e. The Bertz CT molecular complexity index is 682. The molecular weight excluding hydrogens is 339 g/mol. The second-order valence-corrected chi connectivity index (χ2v) is 5.91. The quantitative estimate of drug-likeness (QED) is 0.725.